The molecule has 0 spiro atoms. The first-order chi connectivity index (χ1) is 8.75. The van der Waals surface area contributed by atoms with Gasteiger partial charge in [-0.2, -0.15) is 0 Å². The minimum absolute atomic E-state index is 0.841. The number of benzene rings is 2. The second-order valence-corrected chi connectivity index (χ2v) is 4.62. The van der Waals surface area contributed by atoms with Gasteiger partial charge in [0, 0.05) is 13.1 Å². The number of hydrazine groups is 1. The van der Waals surface area contributed by atoms with Crippen LogP contribution in [0.15, 0.2) is 48.5 Å². The normalized spacial score (nSPS) is 10.6. The Kier molecular flexibility index (Phi) is 4.51. The van der Waals surface area contributed by atoms with Gasteiger partial charge in [-0.05, 0) is 30.5 Å². The van der Waals surface area contributed by atoms with Crippen molar-refractivity contribution < 1.29 is 0 Å². The summed E-state index contributed by atoms with van der Waals surface area (Å²) in [7, 11) is 0. The fourth-order valence-electron chi connectivity index (χ4n) is 1.95. The molecule has 0 bridgehead atoms. The number of nitrogens with one attached hydrogen (secondary N) is 2. The lowest BCUT2D eigenvalue weighted by Gasteiger charge is -2.09. The van der Waals surface area contributed by atoms with Crippen molar-refractivity contribution in [2.75, 3.05) is 0 Å². The molecule has 0 amide bonds. The molecule has 0 heterocycles. The second kappa shape index (κ2) is 6.34. The molecule has 0 atom stereocenters. The average molecular weight is 240 g/mol. The lowest BCUT2D eigenvalue weighted by atomic mass is 10.1. The Labute approximate surface area is 109 Å². The minimum atomic E-state index is 0.841. The first-order valence-corrected chi connectivity index (χ1v) is 6.31. The van der Waals surface area contributed by atoms with E-state index in [0.29, 0.717) is 0 Å². The Morgan fingerprint density at radius 2 is 1.61 bits per heavy atom. The highest BCUT2D eigenvalue weighted by atomic mass is 15.3. The quantitative estimate of drug-likeness (QED) is 0.620. The van der Waals surface area contributed by atoms with Crippen LogP contribution in [0.25, 0.3) is 0 Å². The van der Waals surface area contributed by atoms with Crippen LogP contribution < -0.4 is 10.9 Å². The van der Waals surface area contributed by atoms with Crippen LogP contribution in [0.5, 0.6) is 0 Å². The molecule has 0 aliphatic rings. The number of rotatable bonds is 5. The van der Waals surface area contributed by atoms with Crippen molar-refractivity contribution >= 4 is 0 Å². The third-order valence-electron chi connectivity index (χ3n) is 3.04. The summed E-state index contributed by atoms with van der Waals surface area (Å²) in [5, 5.41) is 0. The standard InChI is InChI=1S/C16H20N2/c1-13-6-5-8-15(10-13)11-17-18-12-16-9-4-3-7-14(16)2/h3-10,17-18H,11-12H2,1-2H3. The largest absolute Gasteiger partial charge is 0.253 e. The maximum absolute atomic E-state index is 3.26. The van der Waals surface area contributed by atoms with Crippen LogP contribution in [0.3, 0.4) is 0 Å². The second-order valence-electron chi connectivity index (χ2n) is 4.62. The lowest BCUT2D eigenvalue weighted by molar-refractivity contribution is 0.528. The van der Waals surface area contributed by atoms with Crippen molar-refractivity contribution in [2.45, 2.75) is 26.9 Å². The van der Waals surface area contributed by atoms with E-state index in [-0.39, 0.29) is 0 Å². The van der Waals surface area contributed by atoms with Crippen LogP contribution >= 0.6 is 0 Å². The molecular weight excluding hydrogens is 220 g/mol. The Morgan fingerprint density at radius 1 is 0.833 bits per heavy atom. The highest BCUT2D eigenvalue weighted by Crippen LogP contribution is 2.06. The predicted octanol–water partition coefficient (Wildman–Crippen LogP) is 3.10. The highest BCUT2D eigenvalue weighted by molar-refractivity contribution is 5.25. The number of aryl methyl sites for hydroxylation is 2. The van der Waals surface area contributed by atoms with Crippen LogP contribution in [0, 0.1) is 13.8 Å². The van der Waals surface area contributed by atoms with E-state index in [1.807, 2.05) is 0 Å². The monoisotopic (exact) mass is 240 g/mol. The molecule has 0 aliphatic heterocycles. The minimum Gasteiger partial charge on any atom is -0.253 e. The van der Waals surface area contributed by atoms with E-state index in [4.69, 9.17) is 0 Å². The summed E-state index contributed by atoms with van der Waals surface area (Å²) >= 11 is 0. The summed E-state index contributed by atoms with van der Waals surface area (Å²) in [6.07, 6.45) is 0. The van der Waals surface area contributed by atoms with Gasteiger partial charge in [-0.25, -0.2) is 0 Å². The van der Waals surface area contributed by atoms with Gasteiger partial charge in [0.2, 0.25) is 0 Å². The van der Waals surface area contributed by atoms with E-state index in [2.05, 4.69) is 73.2 Å². The third-order valence-corrected chi connectivity index (χ3v) is 3.04. The molecule has 0 saturated carbocycles. The van der Waals surface area contributed by atoms with Crippen molar-refractivity contribution in [3.63, 3.8) is 0 Å². The van der Waals surface area contributed by atoms with Crippen molar-refractivity contribution in [1.82, 2.24) is 10.9 Å². The van der Waals surface area contributed by atoms with E-state index < -0.39 is 0 Å². The third kappa shape index (κ3) is 3.69. The Bertz CT molecular complexity index is 506. The number of hydrogen-bond acceptors (Lipinski definition) is 2. The molecular formula is C16H20N2. The van der Waals surface area contributed by atoms with Crippen molar-refractivity contribution in [1.29, 1.82) is 0 Å². The summed E-state index contributed by atoms with van der Waals surface area (Å²) in [5.74, 6) is 0. The topological polar surface area (TPSA) is 24.1 Å². The molecule has 0 radical (unpaired) electrons. The zero-order valence-electron chi connectivity index (χ0n) is 11.0. The summed E-state index contributed by atoms with van der Waals surface area (Å²) < 4.78 is 0. The maximum Gasteiger partial charge on any atom is 0.0353 e. The Hall–Kier alpha value is -1.64. The highest BCUT2D eigenvalue weighted by Gasteiger charge is 1.96. The molecule has 0 saturated heterocycles. The first-order valence-electron chi connectivity index (χ1n) is 6.31. The van der Waals surface area contributed by atoms with E-state index in [1.165, 1.54) is 22.3 Å². The molecule has 0 aromatic heterocycles. The zero-order chi connectivity index (χ0) is 12.8. The van der Waals surface area contributed by atoms with Crippen molar-refractivity contribution in [3.05, 3.63) is 70.8 Å². The van der Waals surface area contributed by atoms with Gasteiger partial charge in [-0.3, -0.25) is 10.9 Å². The van der Waals surface area contributed by atoms with E-state index in [1.54, 1.807) is 0 Å². The van der Waals surface area contributed by atoms with Gasteiger partial charge < -0.3 is 0 Å². The van der Waals surface area contributed by atoms with Crippen molar-refractivity contribution in [2.24, 2.45) is 0 Å². The molecule has 2 nitrogen and oxygen atoms in total. The number of hydrogen-bond donors (Lipinski definition) is 2. The van der Waals surface area contributed by atoms with Crippen LogP contribution in [0.2, 0.25) is 0 Å². The van der Waals surface area contributed by atoms with E-state index >= 15 is 0 Å². The van der Waals surface area contributed by atoms with Gasteiger partial charge >= 0.3 is 0 Å². The molecule has 2 rings (SSSR count). The van der Waals surface area contributed by atoms with Crippen LogP contribution in [0.1, 0.15) is 22.3 Å². The van der Waals surface area contributed by atoms with Crippen LogP contribution in [-0.2, 0) is 13.1 Å². The molecule has 94 valence electrons. The van der Waals surface area contributed by atoms with Gasteiger partial charge in [0.15, 0.2) is 0 Å². The van der Waals surface area contributed by atoms with Gasteiger partial charge in [0.05, 0.1) is 0 Å². The summed E-state index contributed by atoms with van der Waals surface area (Å²) in [6, 6.07) is 17.0. The average Bonchev–Trinajstić information content (AvgIpc) is 2.37. The first kappa shape index (κ1) is 12.8. The fourth-order valence-corrected chi connectivity index (χ4v) is 1.95. The van der Waals surface area contributed by atoms with Gasteiger partial charge in [0.1, 0.15) is 0 Å². The predicted molar refractivity (Wildman–Crippen MR) is 76.0 cm³/mol. The Balaban J connectivity index is 1.78. The molecule has 2 aromatic rings. The molecule has 0 unspecified atom stereocenters. The van der Waals surface area contributed by atoms with E-state index in [0.717, 1.165) is 13.1 Å². The molecule has 2 N–H and O–H groups in total. The summed E-state index contributed by atoms with van der Waals surface area (Å²) in [4.78, 5) is 0. The SMILES string of the molecule is Cc1cccc(CNNCc2ccccc2C)c1. The van der Waals surface area contributed by atoms with Gasteiger partial charge in [-0.1, -0.05) is 54.1 Å². The van der Waals surface area contributed by atoms with Crippen molar-refractivity contribution in [3.8, 4) is 0 Å². The summed E-state index contributed by atoms with van der Waals surface area (Å²) in [6.45, 7) is 5.94. The smallest absolute Gasteiger partial charge is 0.0353 e. The van der Waals surface area contributed by atoms with Gasteiger partial charge in [-0.15, -0.1) is 0 Å². The van der Waals surface area contributed by atoms with Crippen LogP contribution in [0.4, 0.5) is 0 Å². The summed E-state index contributed by atoms with van der Waals surface area (Å²) in [5.41, 5.74) is 11.8. The fraction of sp³-hybridized carbons (Fsp3) is 0.250. The van der Waals surface area contributed by atoms with E-state index in [9.17, 15) is 0 Å². The molecule has 0 fully saturated rings. The van der Waals surface area contributed by atoms with Crippen LogP contribution in [-0.4, -0.2) is 0 Å². The zero-order valence-corrected chi connectivity index (χ0v) is 11.0. The van der Waals surface area contributed by atoms with Gasteiger partial charge in [0.25, 0.3) is 0 Å². The molecule has 2 heteroatoms. The lowest BCUT2D eigenvalue weighted by Crippen LogP contribution is -2.30. The Morgan fingerprint density at radius 3 is 2.39 bits per heavy atom. The molecule has 18 heavy (non-hydrogen) atoms. The maximum atomic E-state index is 3.26. The molecule has 0 aliphatic carbocycles. The molecule has 2 aromatic carbocycles.